The molecular formula is C14H18N3O4S-. The Morgan fingerprint density at radius 2 is 2.23 bits per heavy atom. The minimum absolute atomic E-state index is 0.0545. The molecule has 22 heavy (non-hydrogen) atoms. The molecule has 0 amide bonds. The molecule has 120 valence electrons. The fourth-order valence-electron chi connectivity index (χ4n) is 1.56. The second-order valence-electron chi connectivity index (χ2n) is 4.40. The predicted molar refractivity (Wildman–Crippen MR) is 84.7 cm³/mol. The molecule has 7 nitrogen and oxygen atoms in total. The maximum absolute atomic E-state index is 10.4. The van der Waals surface area contributed by atoms with Gasteiger partial charge in [0.25, 0.3) is 0 Å². The lowest BCUT2D eigenvalue weighted by molar-refractivity contribution is -0.307. The lowest BCUT2D eigenvalue weighted by Crippen LogP contribution is -2.40. The Labute approximate surface area is 134 Å². The van der Waals surface area contributed by atoms with Crippen LogP contribution in [0.3, 0.4) is 0 Å². The number of ether oxygens (including phenoxy) is 2. The number of hydrogen-bond acceptors (Lipinski definition) is 6. The summed E-state index contributed by atoms with van der Waals surface area (Å²) in [5, 5.41) is 17.7. The predicted octanol–water partition coefficient (Wildman–Crippen LogP) is -0.352. The largest absolute Gasteiger partial charge is 0.546 e. The van der Waals surface area contributed by atoms with Crippen LogP contribution in [-0.4, -0.2) is 43.7 Å². The monoisotopic (exact) mass is 324 g/mol. The van der Waals surface area contributed by atoms with E-state index in [0.717, 1.165) is 0 Å². The van der Waals surface area contributed by atoms with Gasteiger partial charge >= 0.3 is 0 Å². The number of carboxylic acids is 1. The Bertz CT molecular complexity index is 537. The van der Waals surface area contributed by atoms with E-state index in [0.29, 0.717) is 23.0 Å². The van der Waals surface area contributed by atoms with Gasteiger partial charge in [0.2, 0.25) is 0 Å². The number of carbonyl (C=O) groups excluding carboxylic acids is 1. The fraction of sp³-hybridized carbons (Fsp3) is 0.357. The van der Waals surface area contributed by atoms with Crippen LogP contribution in [0.15, 0.2) is 29.4 Å². The first-order chi connectivity index (χ1) is 10.5. The Balaban J connectivity index is 2.55. The number of benzene rings is 1. The first kappa shape index (κ1) is 17.9. The van der Waals surface area contributed by atoms with Crippen LogP contribution in [0.2, 0.25) is 0 Å². The Hall–Kier alpha value is -2.19. The summed E-state index contributed by atoms with van der Waals surface area (Å²) in [6.45, 7) is 1.92. The van der Waals surface area contributed by atoms with E-state index < -0.39 is 12.6 Å². The molecule has 2 N–H and O–H groups in total. The zero-order valence-corrected chi connectivity index (χ0v) is 13.2. The van der Waals surface area contributed by atoms with Crippen molar-refractivity contribution in [2.24, 2.45) is 5.10 Å². The zero-order chi connectivity index (χ0) is 16.4. The smallest absolute Gasteiger partial charge is 0.187 e. The summed E-state index contributed by atoms with van der Waals surface area (Å²) in [6.07, 6.45) is 1.49. The maximum atomic E-state index is 10.4. The summed E-state index contributed by atoms with van der Waals surface area (Å²) in [7, 11) is 1.61. The van der Waals surface area contributed by atoms with Gasteiger partial charge in [0.05, 0.1) is 18.8 Å². The molecule has 1 aromatic rings. The molecule has 0 bridgehead atoms. The van der Waals surface area contributed by atoms with E-state index in [1.807, 2.05) is 6.92 Å². The van der Waals surface area contributed by atoms with Crippen molar-refractivity contribution in [3.05, 3.63) is 29.8 Å². The molecule has 1 rings (SSSR count). The highest BCUT2D eigenvalue weighted by Gasteiger charge is 2.03. The molecule has 0 spiro atoms. The molecule has 0 saturated heterocycles. The number of hydrogen-bond donors (Lipinski definition) is 2. The molecule has 0 aliphatic rings. The molecule has 1 atom stereocenters. The highest BCUT2D eigenvalue weighted by atomic mass is 32.1. The van der Waals surface area contributed by atoms with Crippen molar-refractivity contribution in [3.63, 3.8) is 0 Å². The Kier molecular flexibility index (Phi) is 7.87. The normalized spacial score (nSPS) is 11.9. The molecule has 0 radical (unpaired) electrons. The molecule has 1 aromatic carbocycles. The van der Waals surface area contributed by atoms with Gasteiger partial charge in [-0.05, 0) is 31.3 Å². The summed E-state index contributed by atoms with van der Waals surface area (Å²) < 4.78 is 10.1. The summed E-state index contributed by atoms with van der Waals surface area (Å²) in [4.78, 5) is 10.4. The summed E-state index contributed by atoms with van der Waals surface area (Å²) >= 11 is 5.07. The molecular weight excluding hydrogens is 306 g/mol. The molecule has 0 aliphatic carbocycles. The third-order valence-corrected chi connectivity index (χ3v) is 2.64. The number of carboxylic acid groups (broad SMARTS) is 1. The number of methoxy groups -OCH3 is 1. The SMILES string of the molecule is COC[C@@H](C)NC(=S)N/N=C\c1ccccc1OCC(=O)[O-]. The van der Waals surface area contributed by atoms with Crippen molar-refractivity contribution in [2.45, 2.75) is 13.0 Å². The number of rotatable bonds is 8. The van der Waals surface area contributed by atoms with Gasteiger partial charge in [-0.1, -0.05) is 12.1 Å². The van der Waals surface area contributed by atoms with Crippen LogP contribution < -0.4 is 20.6 Å². The lowest BCUT2D eigenvalue weighted by Gasteiger charge is -2.14. The average molecular weight is 324 g/mol. The van der Waals surface area contributed by atoms with Gasteiger partial charge in [0.15, 0.2) is 5.11 Å². The standard InChI is InChI=1S/C14H19N3O4S/c1-10(8-20-2)16-14(22)17-15-7-11-5-3-4-6-12(11)21-9-13(18)19/h3-7,10H,8-9H2,1-2H3,(H,18,19)(H2,16,17,22)/p-1/b15-7-/t10-/m1/s1. The third-order valence-electron chi connectivity index (χ3n) is 2.43. The van der Waals surface area contributed by atoms with Crippen molar-refractivity contribution in [2.75, 3.05) is 20.3 Å². The maximum Gasteiger partial charge on any atom is 0.187 e. The molecule has 0 fully saturated rings. The van der Waals surface area contributed by atoms with Crippen molar-refractivity contribution in [1.82, 2.24) is 10.7 Å². The topological polar surface area (TPSA) is 95.0 Å². The van der Waals surface area contributed by atoms with Crippen molar-refractivity contribution >= 4 is 29.5 Å². The van der Waals surface area contributed by atoms with Gasteiger partial charge in [0, 0.05) is 18.7 Å². The van der Waals surface area contributed by atoms with Crippen molar-refractivity contribution in [3.8, 4) is 5.75 Å². The number of carbonyl (C=O) groups is 1. The summed E-state index contributed by atoms with van der Waals surface area (Å²) in [6, 6.07) is 6.94. The van der Waals surface area contributed by atoms with E-state index in [9.17, 15) is 9.90 Å². The van der Waals surface area contributed by atoms with E-state index in [1.54, 1.807) is 31.4 Å². The molecule has 0 aromatic heterocycles. The first-order valence-corrected chi connectivity index (χ1v) is 6.94. The van der Waals surface area contributed by atoms with Gasteiger partial charge in [-0.25, -0.2) is 0 Å². The van der Waals surface area contributed by atoms with Crippen LogP contribution in [0.1, 0.15) is 12.5 Å². The van der Waals surface area contributed by atoms with Crippen LogP contribution in [0, 0.1) is 0 Å². The van der Waals surface area contributed by atoms with Crippen molar-refractivity contribution in [1.29, 1.82) is 0 Å². The average Bonchev–Trinajstić information content (AvgIpc) is 2.46. The lowest BCUT2D eigenvalue weighted by atomic mass is 10.2. The van der Waals surface area contributed by atoms with Gasteiger partial charge in [-0.15, -0.1) is 0 Å². The zero-order valence-electron chi connectivity index (χ0n) is 12.4. The highest BCUT2D eigenvalue weighted by molar-refractivity contribution is 7.80. The second-order valence-corrected chi connectivity index (χ2v) is 4.81. The number of aliphatic carboxylic acids is 1. The van der Waals surface area contributed by atoms with Crippen LogP contribution in [0.4, 0.5) is 0 Å². The highest BCUT2D eigenvalue weighted by Crippen LogP contribution is 2.15. The Morgan fingerprint density at radius 1 is 1.50 bits per heavy atom. The quantitative estimate of drug-likeness (QED) is 0.383. The van der Waals surface area contributed by atoms with Crippen LogP contribution in [-0.2, 0) is 9.53 Å². The molecule has 0 saturated carbocycles. The van der Waals surface area contributed by atoms with Gasteiger partial charge in [-0.3, -0.25) is 5.43 Å². The first-order valence-electron chi connectivity index (χ1n) is 6.53. The molecule has 0 aliphatic heterocycles. The summed E-state index contributed by atoms with van der Waals surface area (Å²) in [5.41, 5.74) is 3.28. The van der Waals surface area contributed by atoms with Gasteiger partial charge in [-0.2, -0.15) is 5.10 Å². The van der Waals surface area contributed by atoms with Gasteiger partial charge < -0.3 is 24.7 Å². The van der Waals surface area contributed by atoms with E-state index in [-0.39, 0.29) is 6.04 Å². The number of hydrazone groups is 1. The van der Waals surface area contributed by atoms with Crippen LogP contribution in [0.25, 0.3) is 0 Å². The van der Waals surface area contributed by atoms with Crippen molar-refractivity contribution < 1.29 is 19.4 Å². The Morgan fingerprint density at radius 3 is 2.91 bits per heavy atom. The van der Waals surface area contributed by atoms with E-state index in [2.05, 4.69) is 15.8 Å². The van der Waals surface area contributed by atoms with Gasteiger partial charge in [0.1, 0.15) is 12.4 Å². The third kappa shape index (κ3) is 7.00. The molecule has 0 heterocycles. The summed E-state index contributed by atoms with van der Waals surface area (Å²) in [5.74, 6) is -0.897. The fourth-order valence-corrected chi connectivity index (χ4v) is 1.82. The minimum Gasteiger partial charge on any atom is -0.546 e. The second kappa shape index (κ2) is 9.69. The van der Waals surface area contributed by atoms with E-state index in [4.69, 9.17) is 21.7 Å². The van der Waals surface area contributed by atoms with Crippen LogP contribution in [0.5, 0.6) is 5.75 Å². The number of nitrogens with one attached hydrogen (secondary N) is 2. The van der Waals surface area contributed by atoms with Crippen LogP contribution >= 0.6 is 12.2 Å². The molecule has 0 unspecified atom stereocenters. The van der Waals surface area contributed by atoms with E-state index in [1.165, 1.54) is 6.21 Å². The van der Waals surface area contributed by atoms with E-state index >= 15 is 0 Å². The molecule has 8 heteroatoms. The minimum atomic E-state index is -1.29. The number of thiocarbonyl (C=S) groups is 1. The number of nitrogens with zero attached hydrogens (tertiary/aromatic N) is 1. The number of para-hydroxylation sites is 1.